The summed E-state index contributed by atoms with van der Waals surface area (Å²) in [5.74, 6) is -0.178. The van der Waals surface area contributed by atoms with Crippen molar-refractivity contribution in [3.63, 3.8) is 0 Å². The molecule has 1 unspecified atom stereocenters. The Kier molecular flexibility index (Phi) is 6.48. The first-order valence-electron chi connectivity index (χ1n) is 10.4. The number of amides is 1. The van der Waals surface area contributed by atoms with Gasteiger partial charge in [-0.1, -0.05) is 35.9 Å². The molecule has 1 aromatic heterocycles. The third-order valence-corrected chi connectivity index (χ3v) is 8.02. The number of piperazine rings is 1. The van der Waals surface area contributed by atoms with E-state index in [-0.39, 0.29) is 10.8 Å². The molecule has 1 aliphatic rings. The van der Waals surface area contributed by atoms with Gasteiger partial charge in [0.05, 0.1) is 22.3 Å². The van der Waals surface area contributed by atoms with Gasteiger partial charge in [-0.25, -0.2) is 8.42 Å². The van der Waals surface area contributed by atoms with E-state index in [1.807, 2.05) is 30.9 Å². The zero-order valence-electron chi connectivity index (χ0n) is 18.0. The van der Waals surface area contributed by atoms with E-state index in [0.717, 1.165) is 10.9 Å². The smallest absolute Gasteiger partial charge is 0.245 e. The van der Waals surface area contributed by atoms with Crippen LogP contribution in [0.25, 0.3) is 10.9 Å². The van der Waals surface area contributed by atoms with Crippen molar-refractivity contribution in [3.05, 3.63) is 65.3 Å². The number of hydrogen-bond donors (Lipinski definition) is 1. The zero-order valence-corrected chi connectivity index (χ0v) is 19.5. The molecule has 9 heteroatoms. The predicted molar refractivity (Wildman–Crippen MR) is 126 cm³/mol. The molecule has 1 atom stereocenters. The van der Waals surface area contributed by atoms with Crippen molar-refractivity contribution < 1.29 is 13.2 Å². The van der Waals surface area contributed by atoms with Crippen LogP contribution in [0.15, 0.2) is 59.6 Å². The zero-order chi connectivity index (χ0) is 22.9. The first-order chi connectivity index (χ1) is 15.3. The summed E-state index contributed by atoms with van der Waals surface area (Å²) in [6.45, 7) is 5.24. The SMILES string of the molecule is Cc1cnc2c(S(=O)(=O)N3CCN(C(C)C(=O)Nc4ccccc4Cl)CC3)cccc2c1. The molecular formula is C23H25ClN4O3S. The van der Waals surface area contributed by atoms with Crippen LogP contribution in [0.2, 0.25) is 5.02 Å². The lowest BCUT2D eigenvalue weighted by Crippen LogP contribution is -2.53. The van der Waals surface area contributed by atoms with Gasteiger partial charge in [0.2, 0.25) is 15.9 Å². The van der Waals surface area contributed by atoms with Gasteiger partial charge in [0.25, 0.3) is 0 Å². The fraction of sp³-hybridized carbons (Fsp3) is 0.304. The quantitative estimate of drug-likeness (QED) is 0.614. The van der Waals surface area contributed by atoms with Gasteiger partial charge in [-0.3, -0.25) is 14.7 Å². The fourth-order valence-corrected chi connectivity index (χ4v) is 5.66. The molecule has 0 radical (unpaired) electrons. The first-order valence-corrected chi connectivity index (χ1v) is 12.2. The van der Waals surface area contributed by atoms with E-state index >= 15 is 0 Å². The van der Waals surface area contributed by atoms with Crippen LogP contribution in [0.3, 0.4) is 0 Å². The van der Waals surface area contributed by atoms with Crippen LogP contribution in [0.4, 0.5) is 5.69 Å². The number of nitrogens with one attached hydrogen (secondary N) is 1. The number of nitrogens with zero attached hydrogens (tertiary/aromatic N) is 3. The number of aromatic nitrogens is 1. The van der Waals surface area contributed by atoms with Crippen molar-refractivity contribution in [1.82, 2.24) is 14.2 Å². The summed E-state index contributed by atoms with van der Waals surface area (Å²) in [6.07, 6.45) is 1.68. The number of fused-ring (bicyclic) bond motifs is 1. The topological polar surface area (TPSA) is 82.6 Å². The maximum Gasteiger partial charge on any atom is 0.245 e. The third kappa shape index (κ3) is 4.49. The fourth-order valence-electron chi connectivity index (χ4n) is 3.89. The molecule has 1 saturated heterocycles. The van der Waals surface area contributed by atoms with Crippen molar-refractivity contribution in [2.45, 2.75) is 24.8 Å². The Labute approximate surface area is 193 Å². The Morgan fingerprint density at radius 2 is 1.81 bits per heavy atom. The summed E-state index contributed by atoms with van der Waals surface area (Å²) in [4.78, 5) is 19.3. The van der Waals surface area contributed by atoms with Crippen molar-refractivity contribution >= 4 is 44.1 Å². The van der Waals surface area contributed by atoms with Crippen molar-refractivity contribution in [1.29, 1.82) is 0 Å². The molecule has 3 aromatic rings. The number of pyridine rings is 1. The number of aryl methyl sites for hydroxylation is 1. The minimum atomic E-state index is -3.70. The Morgan fingerprint density at radius 1 is 1.09 bits per heavy atom. The lowest BCUT2D eigenvalue weighted by Gasteiger charge is -2.36. The largest absolute Gasteiger partial charge is 0.323 e. The summed E-state index contributed by atoms with van der Waals surface area (Å²) in [5, 5.41) is 4.12. The summed E-state index contributed by atoms with van der Waals surface area (Å²) in [5.41, 5.74) is 2.02. The Balaban J connectivity index is 1.45. The number of para-hydroxylation sites is 2. The van der Waals surface area contributed by atoms with Crippen LogP contribution < -0.4 is 5.32 Å². The summed E-state index contributed by atoms with van der Waals surface area (Å²) in [6, 6.07) is 13.8. The van der Waals surface area contributed by atoms with Gasteiger partial charge in [-0.2, -0.15) is 4.31 Å². The summed E-state index contributed by atoms with van der Waals surface area (Å²) < 4.78 is 28.2. The van der Waals surface area contributed by atoms with E-state index in [4.69, 9.17) is 11.6 Å². The molecule has 0 saturated carbocycles. The molecule has 32 heavy (non-hydrogen) atoms. The van der Waals surface area contributed by atoms with Gasteiger partial charge in [-0.15, -0.1) is 0 Å². The van der Waals surface area contributed by atoms with Gasteiger partial charge in [0, 0.05) is 37.8 Å². The summed E-state index contributed by atoms with van der Waals surface area (Å²) >= 11 is 6.13. The highest BCUT2D eigenvalue weighted by Gasteiger charge is 2.33. The molecule has 7 nitrogen and oxygen atoms in total. The molecular weight excluding hydrogens is 448 g/mol. The van der Waals surface area contributed by atoms with E-state index < -0.39 is 16.1 Å². The van der Waals surface area contributed by atoms with E-state index in [1.54, 1.807) is 42.6 Å². The molecule has 168 valence electrons. The Morgan fingerprint density at radius 3 is 2.53 bits per heavy atom. The maximum atomic E-state index is 13.3. The monoisotopic (exact) mass is 472 g/mol. The maximum absolute atomic E-state index is 13.3. The van der Waals surface area contributed by atoms with Crippen molar-refractivity contribution in [2.75, 3.05) is 31.5 Å². The number of halogens is 1. The molecule has 0 aliphatic carbocycles. The second kappa shape index (κ2) is 9.15. The molecule has 1 amide bonds. The van der Waals surface area contributed by atoms with Crippen molar-refractivity contribution in [2.24, 2.45) is 0 Å². The Hall–Kier alpha value is -2.52. The number of anilines is 1. The molecule has 4 rings (SSSR count). The van der Waals surface area contributed by atoms with Crippen LogP contribution in [0.1, 0.15) is 12.5 Å². The predicted octanol–water partition coefficient (Wildman–Crippen LogP) is 3.53. The highest BCUT2D eigenvalue weighted by atomic mass is 35.5. The van der Waals surface area contributed by atoms with Crippen LogP contribution >= 0.6 is 11.6 Å². The average molecular weight is 473 g/mol. The molecule has 1 N–H and O–H groups in total. The number of carbonyl (C=O) groups excluding carboxylic acids is 1. The molecule has 0 bridgehead atoms. The van der Waals surface area contributed by atoms with E-state index in [9.17, 15) is 13.2 Å². The third-order valence-electron chi connectivity index (χ3n) is 5.76. The second-order valence-corrected chi connectivity index (χ2v) is 10.2. The number of sulfonamides is 1. The van der Waals surface area contributed by atoms with E-state index in [0.29, 0.717) is 42.4 Å². The molecule has 0 spiro atoms. The highest BCUT2D eigenvalue weighted by molar-refractivity contribution is 7.89. The minimum absolute atomic E-state index is 0.178. The number of hydrogen-bond acceptors (Lipinski definition) is 5. The summed E-state index contributed by atoms with van der Waals surface area (Å²) in [7, 11) is -3.70. The normalized spacial score (nSPS) is 16.7. The number of benzene rings is 2. The standard InChI is InChI=1S/C23H25ClN4O3S/c1-16-14-18-6-5-9-21(22(18)25-15-16)32(30,31)28-12-10-27(11-13-28)17(2)23(29)26-20-8-4-3-7-19(20)24/h3-9,14-15,17H,10-13H2,1-2H3,(H,26,29). The average Bonchev–Trinajstić information content (AvgIpc) is 2.79. The number of rotatable bonds is 5. The van der Waals surface area contributed by atoms with E-state index in [2.05, 4.69) is 10.3 Å². The van der Waals surface area contributed by atoms with Crippen molar-refractivity contribution in [3.8, 4) is 0 Å². The molecule has 2 aromatic carbocycles. The second-order valence-electron chi connectivity index (χ2n) is 7.93. The Bertz CT molecular complexity index is 1260. The van der Waals surface area contributed by atoms with Gasteiger partial charge in [0.1, 0.15) is 4.90 Å². The van der Waals surface area contributed by atoms with E-state index in [1.165, 1.54) is 4.31 Å². The van der Waals surface area contributed by atoms with Crippen LogP contribution in [-0.4, -0.2) is 60.7 Å². The van der Waals surface area contributed by atoms with Gasteiger partial charge < -0.3 is 5.32 Å². The lowest BCUT2D eigenvalue weighted by atomic mass is 10.2. The molecule has 1 aliphatic heterocycles. The minimum Gasteiger partial charge on any atom is -0.323 e. The molecule has 2 heterocycles. The van der Waals surface area contributed by atoms with Gasteiger partial charge in [0.15, 0.2) is 0 Å². The number of carbonyl (C=O) groups is 1. The first kappa shape index (κ1) is 22.7. The van der Waals surface area contributed by atoms with Crippen LogP contribution in [0.5, 0.6) is 0 Å². The van der Waals surface area contributed by atoms with Crippen LogP contribution in [-0.2, 0) is 14.8 Å². The highest BCUT2D eigenvalue weighted by Crippen LogP contribution is 2.26. The molecule has 1 fully saturated rings. The van der Waals surface area contributed by atoms with Gasteiger partial charge >= 0.3 is 0 Å². The lowest BCUT2D eigenvalue weighted by molar-refractivity contribution is -0.121. The van der Waals surface area contributed by atoms with Crippen LogP contribution in [0, 0.1) is 6.92 Å². The van der Waals surface area contributed by atoms with Gasteiger partial charge in [-0.05, 0) is 43.7 Å².